The van der Waals surface area contributed by atoms with Crippen LogP contribution in [0.5, 0.6) is 0 Å². The minimum atomic E-state index is -0.258. The fraction of sp³-hybridized carbons (Fsp3) is 0.500. The number of aryl methyl sites for hydroxylation is 1. The molecule has 18 heavy (non-hydrogen) atoms. The first kappa shape index (κ1) is 12.2. The molecule has 2 amide bonds. The Bertz CT molecular complexity index is 492. The number of aromatic nitrogens is 3. The lowest BCUT2D eigenvalue weighted by molar-refractivity contribution is -0.121. The average molecular weight is 250 g/mol. The molecule has 0 saturated carbocycles. The highest BCUT2D eigenvalue weighted by Gasteiger charge is 2.17. The van der Waals surface area contributed by atoms with Crippen LogP contribution < -0.4 is 10.7 Å². The second kappa shape index (κ2) is 5.39. The summed E-state index contributed by atoms with van der Waals surface area (Å²) in [6.45, 7) is 0.440. The van der Waals surface area contributed by atoms with Gasteiger partial charge in [0, 0.05) is 32.9 Å². The summed E-state index contributed by atoms with van der Waals surface area (Å²) in [6.07, 6.45) is 2.84. The summed E-state index contributed by atoms with van der Waals surface area (Å²) in [5, 5.41) is 10.5. The molecule has 0 aliphatic carbocycles. The smallest absolute Gasteiger partial charge is 0.267 e. The summed E-state index contributed by atoms with van der Waals surface area (Å²) in [7, 11) is 1.79. The van der Waals surface area contributed by atoms with Gasteiger partial charge in [0.1, 0.15) is 12.0 Å². The predicted octanol–water partition coefficient (Wildman–Crippen LogP) is -1.26. The SMILES string of the molecule is Cn1cnc(CCNC(=O)C2=NNC(=O)CC2)n1. The van der Waals surface area contributed by atoms with Crippen molar-refractivity contribution >= 4 is 17.5 Å². The first-order valence-corrected chi connectivity index (χ1v) is 5.63. The first-order valence-electron chi connectivity index (χ1n) is 5.63. The number of carbonyl (C=O) groups excluding carboxylic acids is 2. The Morgan fingerprint density at radius 2 is 2.39 bits per heavy atom. The van der Waals surface area contributed by atoms with E-state index < -0.39 is 0 Å². The Morgan fingerprint density at radius 1 is 1.56 bits per heavy atom. The van der Waals surface area contributed by atoms with E-state index in [1.165, 1.54) is 0 Å². The number of nitrogens with zero attached hydrogens (tertiary/aromatic N) is 4. The fourth-order valence-corrected chi connectivity index (χ4v) is 1.53. The van der Waals surface area contributed by atoms with Gasteiger partial charge >= 0.3 is 0 Å². The van der Waals surface area contributed by atoms with Gasteiger partial charge in [0.15, 0.2) is 5.82 Å². The van der Waals surface area contributed by atoms with Crippen LogP contribution in [0.2, 0.25) is 0 Å². The Balaban J connectivity index is 1.77. The van der Waals surface area contributed by atoms with Crippen molar-refractivity contribution in [2.75, 3.05) is 6.54 Å². The first-order chi connectivity index (χ1) is 8.65. The van der Waals surface area contributed by atoms with Gasteiger partial charge in [-0.25, -0.2) is 10.4 Å². The number of hydrogen-bond acceptors (Lipinski definition) is 5. The zero-order chi connectivity index (χ0) is 13.0. The average Bonchev–Trinajstić information content (AvgIpc) is 2.76. The predicted molar refractivity (Wildman–Crippen MR) is 62.5 cm³/mol. The van der Waals surface area contributed by atoms with Crippen LogP contribution in [-0.4, -0.2) is 38.8 Å². The van der Waals surface area contributed by atoms with Crippen molar-refractivity contribution in [3.8, 4) is 0 Å². The zero-order valence-electron chi connectivity index (χ0n) is 10.0. The number of rotatable bonds is 4. The summed E-state index contributed by atoms with van der Waals surface area (Å²) >= 11 is 0. The van der Waals surface area contributed by atoms with Crippen LogP contribution >= 0.6 is 0 Å². The van der Waals surface area contributed by atoms with E-state index in [0.29, 0.717) is 37.3 Å². The lowest BCUT2D eigenvalue weighted by atomic mass is 10.1. The lowest BCUT2D eigenvalue weighted by Gasteiger charge is -2.11. The molecule has 2 rings (SSSR count). The third-order valence-corrected chi connectivity index (χ3v) is 2.45. The maximum absolute atomic E-state index is 11.7. The van der Waals surface area contributed by atoms with Crippen molar-refractivity contribution in [1.82, 2.24) is 25.5 Å². The van der Waals surface area contributed by atoms with Crippen molar-refractivity contribution in [2.45, 2.75) is 19.3 Å². The van der Waals surface area contributed by atoms with Gasteiger partial charge in [-0.2, -0.15) is 10.2 Å². The number of amides is 2. The van der Waals surface area contributed by atoms with Crippen LogP contribution in [0, 0.1) is 0 Å². The molecule has 96 valence electrons. The van der Waals surface area contributed by atoms with Crippen LogP contribution in [0.3, 0.4) is 0 Å². The molecule has 0 unspecified atom stereocenters. The van der Waals surface area contributed by atoms with Crippen molar-refractivity contribution in [3.05, 3.63) is 12.2 Å². The van der Waals surface area contributed by atoms with Gasteiger partial charge in [-0.3, -0.25) is 14.3 Å². The van der Waals surface area contributed by atoms with Gasteiger partial charge in [0.2, 0.25) is 5.91 Å². The maximum atomic E-state index is 11.7. The number of hydrazone groups is 1. The molecule has 1 aromatic rings. The van der Waals surface area contributed by atoms with Crippen molar-refractivity contribution in [1.29, 1.82) is 0 Å². The maximum Gasteiger partial charge on any atom is 0.267 e. The Labute approximate surface area is 103 Å². The molecule has 0 bridgehead atoms. The van der Waals surface area contributed by atoms with Crippen LogP contribution in [0.25, 0.3) is 0 Å². The van der Waals surface area contributed by atoms with Gasteiger partial charge in [-0.1, -0.05) is 0 Å². The Morgan fingerprint density at radius 3 is 3.00 bits per heavy atom. The molecular weight excluding hydrogens is 236 g/mol. The van der Waals surface area contributed by atoms with E-state index in [2.05, 4.69) is 25.9 Å². The number of hydrogen-bond donors (Lipinski definition) is 2. The fourth-order valence-electron chi connectivity index (χ4n) is 1.53. The summed E-state index contributed by atoms with van der Waals surface area (Å²) in [5.74, 6) is 0.256. The van der Waals surface area contributed by atoms with Gasteiger partial charge in [-0.15, -0.1) is 0 Å². The summed E-state index contributed by atoms with van der Waals surface area (Å²) in [6, 6.07) is 0. The van der Waals surface area contributed by atoms with E-state index in [-0.39, 0.29) is 11.8 Å². The molecule has 0 saturated heterocycles. The Hall–Kier alpha value is -2.25. The molecule has 0 atom stereocenters. The third-order valence-electron chi connectivity index (χ3n) is 2.45. The summed E-state index contributed by atoms with van der Waals surface area (Å²) in [5.41, 5.74) is 2.64. The topological polar surface area (TPSA) is 101 Å². The molecule has 0 spiro atoms. The van der Waals surface area contributed by atoms with Gasteiger partial charge in [0.25, 0.3) is 5.91 Å². The van der Waals surface area contributed by atoms with Crippen molar-refractivity contribution < 1.29 is 9.59 Å². The lowest BCUT2D eigenvalue weighted by Crippen LogP contribution is -2.37. The van der Waals surface area contributed by atoms with Crippen LogP contribution in [0.1, 0.15) is 18.7 Å². The zero-order valence-corrected chi connectivity index (χ0v) is 10.0. The van der Waals surface area contributed by atoms with Gasteiger partial charge in [-0.05, 0) is 0 Å². The molecular formula is C10H14N6O2. The molecule has 2 N–H and O–H groups in total. The standard InChI is InChI=1S/C10H14N6O2/c1-16-6-12-8(15-16)4-5-11-10(18)7-2-3-9(17)14-13-7/h6H,2-5H2,1H3,(H,11,18)(H,14,17). The number of carbonyl (C=O) groups is 2. The van der Waals surface area contributed by atoms with Crippen LogP contribution in [-0.2, 0) is 23.1 Å². The summed E-state index contributed by atoms with van der Waals surface area (Å²) in [4.78, 5) is 26.6. The minimum absolute atomic E-state index is 0.163. The van der Waals surface area contributed by atoms with Crippen LogP contribution in [0.4, 0.5) is 0 Å². The molecule has 8 nitrogen and oxygen atoms in total. The molecule has 0 radical (unpaired) electrons. The van der Waals surface area contributed by atoms with E-state index in [4.69, 9.17) is 0 Å². The second-order valence-electron chi connectivity index (χ2n) is 3.93. The normalized spacial score (nSPS) is 14.9. The minimum Gasteiger partial charge on any atom is -0.350 e. The molecule has 0 fully saturated rings. The van der Waals surface area contributed by atoms with Crippen molar-refractivity contribution in [3.63, 3.8) is 0 Å². The summed E-state index contributed by atoms with van der Waals surface area (Å²) < 4.78 is 1.61. The van der Waals surface area contributed by atoms with E-state index in [9.17, 15) is 9.59 Å². The highest BCUT2D eigenvalue weighted by molar-refractivity contribution is 6.39. The second-order valence-corrected chi connectivity index (χ2v) is 3.93. The largest absolute Gasteiger partial charge is 0.350 e. The highest BCUT2D eigenvalue weighted by atomic mass is 16.2. The number of nitrogens with one attached hydrogen (secondary N) is 2. The van der Waals surface area contributed by atoms with Crippen LogP contribution in [0.15, 0.2) is 11.4 Å². The molecule has 1 aliphatic heterocycles. The van der Waals surface area contributed by atoms with E-state index in [1.54, 1.807) is 18.1 Å². The van der Waals surface area contributed by atoms with Gasteiger partial charge in [0.05, 0.1) is 0 Å². The Kier molecular flexibility index (Phi) is 3.66. The monoisotopic (exact) mass is 250 g/mol. The quantitative estimate of drug-likeness (QED) is 0.696. The molecule has 2 heterocycles. The molecule has 8 heteroatoms. The highest BCUT2D eigenvalue weighted by Crippen LogP contribution is 1.99. The molecule has 1 aromatic heterocycles. The third kappa shape index (κ3) is 3.12. The van der Waals surface area contributed by atoms with Crippen molar-refractivity contribution in [2.24, 2.45) is 12.1 Å². The molecule has 0 aromatic carbocycles. The van der Waals surface area contributed by atoms with E-state index in [1.807, 2.05) is 0 Å². The van der Waals surface area contributed by atoms with Gasteiger partial charge < -0.3 is 5.32 Å². The molecule has 1 aliphatic rings. The van der Waals surface area contributed by atoms with E-state index >= 15 is 0 Å². The van der Waals surface area contributed by atoms with E-state index in [0.717, 1.165) is 0 Å².